The van der Waals surface area contributed by atoms with E-state index in [1.807, 2.05) is 0 Å². The van der Waals surface area contributed by atoms with Crippen molar-refractivity contribution >= 4 is 10.8 Å². The molecule has 1 N–H and O–H groups in total. The molecule has 2 nitrogen and oxygen atoms in total. The lowest BCUT2D eigenvalue weighted by Crippen LogP contribution is -2.42. The van der Waals surface area contributed by atoms with Gasteiger partial charge in [-0.05, 0) is 66.8 Å². The summed E-state index contributed by atoms with van der Waals surface area (Å²) in [6.07, 6.45) is 0. The van der Waals surface area contributed by atoms with Gasteiger partial charge >= 0.3 is 0 Å². The second-order valence-electron chi connectivity index (χ2n) is 7.72. The Hall–Kier alpha value is -2.16. The molecule has 0 spiro atoms. The zero-order valence-corrected chi connectivity index (χ0v) is 14.7. The number of hydrogen-bond acceptors (Lipinski definition) is 2. The predicted molar refractivity (Wildman–Crippen MR) is 99.1 cm³/mol. The molecule has 0 unspecified atom stereocenters. The van der Waals surface area contributed by atoms with Gasteiger partial charge in [0.25, 0.3) is 0 Å². The highest BCUT2D eigenvalue weighted by Gasteiger charge is 2.48. The molecule has 2 heteroatoms. The summed E-state index contributed by atoms with van der Waals surface area (Å²) in [5.74, 6) is 0. The van der Waals surface area contributed by atoms with E-state index in [-0.39, 0.29) is 5.54 Å². The summed E-state index contributed by atoms with van der Waals surface area (Å²) in [7, 11) is 0. The lowest BCUT2D eigenvalue weighted by Gasteiger charge is -2.34. The van der Waals surface area contributed by atoms with Crippen molar-refractivity contribution in [2.45, 2.75) is 38.8 Å². The van der Waals surface area contributed by atoms with Gasteiger partial charge in [-0.2, -0.15) is 5.06 Å². The van der Waals surface area contributed by atoms with Crippen LogP contribution in [0.5, 0.6) is 0 Å². The van der Waals surface area contributed by atoms with Crippen LogP contribution in [-0.4, -0.2) is 10.3 Å². The fourth-order valence-corrected chi connectivity index (χ4v) is 4.16. The zero-order chi connectivity index (χ0) is 17.1. The summed E-state index contributed by atoms with van der Waals surface area (Å²) in [4.78, 5) is 0. The van der Waals surface area contributed by atoms with Gasteiger partial charge in [0.1, 0.15) is 0 Å². The Balaban J connectivity index is 1.96. The van der Waals surface area contributed by atoms with Crippen LogP contribution in [0.25, 0.3) is 21.9 Å². The van der Waals surface area contributed by atoms with Crippen molar-refractivity contribution in [1.82, 2.24) is 5.06 Å². The van der Waals surface area contributed by atoms with Gasteiger partial charge in [-0.15, -0.1) is 0 Å². The van der Waals surface area contributed by atoms with E-state index in [1.165, 1.54) is 38.1 Å². The third-order valence-corrected chi connectivity index (χ3v) is 5.50. The predicted octanol–water partition coefficient (Wildman–Crippen LogP) is 5.68. The molecule has 0 saturated carbocycles. The van der Waals surface area contributed by atoms with Crippen LogP contribution in [0.2, 0.25) is 0 Å². The van der Waals surface area contributed by atoms with E-state index in [4.69, 9.17) is 0 Å². The molecule has 0 bridgehead atoms. The van der Waals surface area contributed by atoms with Crippen LogP contribution in [0.4, 0.5) is 0 Å². The number of benzene rings is 3. The molecule has 0 aliphatic carbocycles. The highest BCUT2D eigenvalue weighted by Crippen LogP contribution is 2.49. The smallest absolute Gasteiger partial charge is 0.0666 e. The summed E-state index contributed by atoms with van der Waals surface area (Å²) < 4.78 is 0. The van der Waals surface area contributed by atoms with E-state index >= 15 is 0 Å². The first-order valence-corrected chi connectivity index (χ1v) is 8.46. The average molecular weight is 317 g/mol. The largest absolute Gasteiger partial charge is 0.312 e. The fourth-order valence-electron chi connectivity index (χ4n) is 4.16. The second kappa shape index (κ2) is 4.92. The Kier molecular flexibility index (Phi) is 3.15. The first kappa shape index (κ1) is 15.4. The van der Waals surface area contributed by atoms with Crippen molar-refractivity contribution in [1.29, 1.82) is 0 Å². The van der Waals surface area contributed by atoms with Crippen molar-refractivity contribution in [3.05, 3.63) is 71.8 Å². The third-order valence-electron chi connectivity index (χ3n) is 5.50. The molecule has 3 aromatic carbocycles. The molecule has 1 aliphatic heterocycles. The van der Waals surface area contributed by atoms with Gasteiger partial charge in [0.05, 0.1) is 11.1 Å². The standard InChI is InChI=1S/C22H23NO/c1-21(2)19-13-12-16(14-20(19)22(3,4)23(21)24)18-11-7-9-15-8-5-6-10-17(15)18/h5-14,24H,1-4H3. The summed E-state index contributed by atoms with van der Waals surface area (Å²) in [5.41, 5.74) is 4.04. The van der Waals surface area contributed by atoms with Gasteiger partial charge in [0.15, 0.2) is 0 Å². The Bertz CT molecular complexity index is 934. The van der Waals surface area contributed by atoms with Gasteiger partial charge in [-0.3, -0.25) is 0 Å². The van der Waals surface area contributed by atoms with Crippen LogP contribution < -0.4 is 0 Å². The van der Waals surface area contributed by atoms with Crippen LogP contribution in [0.3, 0.4) is 0 Å². The number of hydroxylamine groups is 2. The molecule has 0 amide bonds. The average Bonchev–Trinajstić information content (AvgIpc) is 2.72. The van der Waals surface area contributed by atoms with E-state index in [0.717, 1.165) is 0 Å². The third kappa shape index (κ3) is 1.97. The molecule has 0 aromatic heterocycles. The van der Waals surface area contributed by atoms with Gasteiger partial charge in [-0.25, -0.2) is 0 Å². The number of fused-ring (bicyclic) bond motifs is 2. The maximum Gasteiger partial charge on any atom is 0.0666 e. The molecule has 0 saturated heterocycles. The Morgan fingerprint density at radius 2 is 1.42 bits per heavy atom. The van der Waals surface area contributed by atoms with Gasteiger partial charge in [0.2, 0.25) is 0 Å². The van der Waals surface area contributed by atoms with E-state index in [1.54, 1.807) is 0 Å². The minimum Gasteiger partial charge on any atom is -0.312 e. The van der Waals surface area contributed by atoms with Crippen molar-refractivity contribution in [2.75, 3.05) is 0 Å². The molecule has 3 aromatic rings. The minimum absolute atomic E-state index is 0.379. The lowest BCUT2D eigenvalue weighted by atomic mass is 9.87. The second-order valence-corrected chi connectivity index (χ2v) is 7.72. The van der Waals surface area contributed by atoms with Crippen LogP contribution in [0, 0.1) is 0 Å². The monoisotopic (exact) mass is 317 g/mol. The van der Waals surface area contributed by atoms with Crippen LogP contribution in [0.1, 0.15) is 38.8 Å². The quantitative estimate of drug-likeness (QED) is 0.624. The van der Waals surface area contributed by atoms with Gasteiger partial charge in [0, 0.05) is 0 Å². The SMILES string of the molecule is CC1(C)c2ccc(-c3cccc4ccccc34)cc2C(C)(C)N1O. The summed E-state index contributed by atoms with van der Waals surface area (Å²) >= 11 is 0. The molecule has 0 fully saturated rings. The van der Waals surface area contributed by atoms with Crippen LogP contribution in [0.15, 0.2) is 60.7 Å². The summed E-state index contributed by atoms with van der Waals surface area (Å²) in [5, 5.41) is 14.7. The highest BCUT2D eigenvalue weighted by atomic mass is 16.5. The molecule has 1 heterocycles. The van der Waals surface area contributed by atoms with Gasteiger partial charge in [-0.1, -0.05) is 54.6 Å². The van der Waals surface area contributed by atoms with Crippen molar-refractivity contribution in [2.24, 2.45) is 0 Å². The number of nitrogens with zero attached hydrogens (tertiary/aromatic N) is 1. The first-order chi connectivity index (χ1) is 11.3. The maximum absolute atomic E-state index is 10.7. The minimum atomic E-state index is -0.403. The molecular weight excluding hydrogens is 294 g/mol. The Morgan fingerprint density at radius 1 is 0.750 bits per heavy atom. The van der Waals surface area contributed by atoms with E-state index in [0.29, 0.717) is 0 Å². The molecule has 24 heavy (non-hydrogen) atoms. The molecule has 0 radical (unpaired) electrons. The number of rotatable bonds is 1. The maximum atomic E-state index is 10.7. The van der Waals surface area contributed by atoms with Crippen LogP contribution in [-0.2, 0) is 11.1 Å². The Morgan fingerprint density at radius 3 is 2.21 bits per heavy atom. The van der Waals surface area contributed by atoms with Gasteiger partial charge < -0.3 is 5.21 Å². The zero-order valence-electron chi connectivity index (χ0n) is 14.7. The van der Waals surface area contributed by atoms with Crippen molar-refractivity contribution in [3.63, 3.8) is 0 Å². The van der Waals surface area contributed by atoms with Crippen molar-refractivity contribution < 1.29 is 5.21 Å². The lowest BCUT2D eigenvalue weighted by molar-refractivity contribution is -0.216. The van der Waals surface area contributed by atoms with E-state index in [2.05, 4.69) is 88.4 Å². The topological polar surface area (TPSA) is 23.5 Å². The van der Waals surface area contributed by atoms with Crippen LogP contribution >= 0.6 is 0 Å². The molecule has 4 rings (SSSR count). The van der Waals surface area contributed by atoms with E-state index in [9.17, 15) is 5.21 Å². The first-order valence-electron chi connectivity index (χ1n) is 8.46. The Labute approximate surface area is 143 Å². The highest BCUT2D eigenvalue weighted by molar-refractivity contribution is 5.96. The molecule has 1 aliphatic rings. The normalized spacial score (nSPS) is 18.7. The fraction of sp³-hybridized carbons (Fsp3) is 0.273. The summed E-state index contributed by atoms with van der Waals surface area (Å²) in [6, 6.07) is 21.5. The molecule has 0 atom stereocenters. The van der Waals surface area contributed by atoms with Crippen molar-refractivity contribution in [3.8, 4) is 11.1 Å². The molecular formula is C22H23NO. The number of hydrogen-bond donors (Lipinski definition) is 1. The molecule has 122 valence electrons. The summed E-state index contributed by atoms with van der Waals surface area (Å²) in [6.45, 7) is 8.29. The van der Waals surface area contributed by atoms with E-state index < -0.39 is 5.54 Å².